The Morgan fingerprint density at radius 2 is 1.15 bits per heavy atom. The first-order valence-corrected chi connectivity index (χ1v) is 18.2. The maximum absolute atomic E-state index is 11.4. The van der Waals surface area contributed by atoms with Crippen LogP contribution in [0.4, 0.5) is 28.4 Å². The maximum atomic E-state index is 11.4. The number of hydrogen-bond donors (Lipinski definition) is 1. The highest BCUT2D eigenvalue weighted by Gasteiger charge is 2.06. The van der Waals surface area contributed by atoms with Crippen LogP contribution >= 0.6 is 0 Å². The highest BCUT2D eigenvalue weighted by molar-refractivity contribution is 6.00. The summed E-state index contributed by atoms with van der Waals surface area (Å²) >= 11 is 0. The summed E-state index contributed by atoms with van der Waals surface area (Å²) in [5, 5.41) is 23.6. The molecule has 0 bridgehead atoms. The average molecular weight is 696 g/mol. The molecule has 52 heavy (non-hydrogen) atoms. The second kappa shape index (κ2) is 20.3. The Hall–Kier alpha value is -5.63. The number of rotatable bonds is 20. The Labute approximate surface area is 307 Å². The van der Waals surface area contributed by atoms with Crippen LogP contribution in [0.25, 0.3) is 10.8 Å². The largest absolute Gasteiger partial charge is 0.494 e. The molecule has 0 saturated carbocycles. The van der Waals surface area contributed by atoms with Crippen molar-refractivity contribution in [3.8, 4) is 5.75 Å². The van der Waals surface area contributed by atoms with Gasteiger partial charge in [0.25, 0.3) is 0 Å². The number of anilines is 1. The van der Waals surface area contributed by atoms with Gasteiger partial charge in [-0.1, -0.05) is 99.2 Å². The molecule has 5 aromatic carbocycles. The molecule has 5 aromatic rings. The molecule has 8 heteroatoms. The third-order valence-electron chi connectivity index (χ3n) is 8.63. The fourth-order valence-electron chi connectivity index (χ4n) is 5.59. The van der Waals surface area contributed by atoms with Crippen molar-refractivity contribution >= 4 is 45.2 Å². The second-order valence-electron chi connectivity index (χ2n) is 13.0. The molecule has 0 aliphatic heterocycles. The van der Waals surface area contributed by atoms with Gasteiger partial charge in [0.15, 0.2) is 0 Å². The maximum Gasteiger partial charge on any atom is 0.333 e. The molecule has 0 fully saturated rings. The zero-order chi connectivity index (χ0) is 36.4. The quantitative estimate of drug-likeness (QED) is 0.0379. The standard InChI is InChI=1S/C44H49N5O3/c1-33(2)44(50)52-31-13-9-7-5-4-6-8-12-30-51-39-26-24-38(25-27-39)47-46-36-20-22-37(23-21-36)48-49-43-29-28-42(40-14-10-11-15-41(40)43)45-32-35-18-16-34(3)17-19-35/h10-11,14-29,45H,1,4-9,12-13,30-32H2,2-3H3/b47-46+,49-48+. The molecule has 0 unspecified atom stereocenters. The molecule has 0 aromatic heterocycles. The predicted molar refractivity (Wildman–Crippen MR) is 212 cm³/mol. The molecule has 1 N–H and O–H groups in total. The summed E-state index contributed by atoms with van der Waals surface area (Å²) in [6.07, 6.45) is 8.99. The van der Waals surface area contributed by atoms with Crippen LogP contribution < -0.4 is 10.1 Å². The molecule has 0 atom stereocenters. The van der Waals surface area contributed by atoms with E-state index in [-0.39, 0.29) is 5.97 Å². The van der Waals surface area contributed by atoms with E-state index in [0.29, 0.717) is 18.8 Å². The molecule has 0 heterocycles. The summed E-state index contributed by atoms with van der Waals surface area (Å²) in [6, 6.07) is 36.1. The second-order valence-corrected chi connectivity index (χ2v) is 13.0. The first-order valence-electron chi connectivity index (χ1n) is 18.2. The number of ether oxygens (including phenoxy) is 2. The average Bonchev–Trinajstić information content (AvgIpc) is 3.17. The Balaban J connectivity index is 1.01. The molecular formula is C44H49N5O3. The summed E-state index contributed by atoms with van der Waals surface area (Å²) in [7, 11) is 0. The number of carbonyl (C=O) groups excluding carboxylic acids is 1. The lowest BCUT2D eigenvalue weighted by atomic mass is 10.1. The van der Waals surface area contributed by atoms with Crippen molar-refractivity contribution in [3.05, 3.63) is 132 Å². The van der Waals surface area contributed by atoms with Crippen LogP contribution in [0.5, 0.6) is 5.75 Å². The third kappa shape index (κ3) is 12.3. The zero-order valence-electron chi connectivity index (χ0n) is 30.4. The Bertz CT molecular complexity index is 1930. The van der Waals surface area contributed by atoms with Gasteiger partial charge in [0, 0.05) is 28.6 Å². The summed E-state index contributed by atoms with van der Waals surface area (Å²) in [5.74, 6) is 0.541. The van der Waals surface area contributed by atoms with E-state index < -0.39 is 0 Å². The van der Waals surface area contributed by atoms with Gasteiger partial charge in [0.1, 0.15) is 5.75 Å². The molecule has 8 nitrogen and oxygen atoms in total. The molecule has 0 spiro atoms. The van der Waals surface area contributed by atoms with Crippen LogP contribution in [0.2, 0.25) is 0 Å². The molecule has 0 amide bonds. The molecule has 0 aliphatic rings. The normalized spacial score (nSPS) is 11.3. The van der Waals surface area contributed by atoms with E-state index >= 15 is 0 Å². The van der Waals surface area contributed by atoms with Gasteiger partial charge >= 0.3 is 5.97 Å². The molecule has 0 aliphatic carbocycles. The lowest BCUT2D eigenvalue weighted by Gasteiger charge is -2.11. The number of hydrogen-bond acceptors (Lipinski definition) is 8. The lowest BCUT2D eigenvalue weighted by Crippen LogP contribution is -2.05. The van der Waals surface area contributed by atoms with Gasteiger partial charge in [-0.2, -0.15) is 15.3 Å². The molecular weight excluding hydrogens is 647 g/mol. The number of esters is 1. The fourth-order valence-corrected chi connectivity index (χ4v) is 5.59. The number of unbranched alkanes of at least 4 members (excludes halogenated alkanes) is 7. The SMILES string of the molecule is C=C(C)C(=O)OCCCCCCCCCCOc1ccc(/N=N/c2ccc(/N=N/c3ccc(NCc4ccc(C)cc4)c4ccccc34)cc2)cc1. The van der Waals surface area contributed by atoms with E-state index in [1.165, 1.54) is 36.8 Å². The number of azo groups is 2. The minimum absolute atomic E-state index is 0.294. The van der Waals surface area contributed by atoms with E-state index in [1.807, 2.05) is 66.7 Å². The van der Waals surface area contributed by atoms with Crippen LogP contribution in [0, 0.1) is 6.92 Å². The van der Waals surface area contributed by atoms with Crippen molar-refractivity contribution in [2.24, 2.45) is 20.5 Å². The Morgan fingerprint density at radius 3 is 1.77 bits per heavy atom. The van der Waals surface area contributed by atoms with E-state index in [0.717, 1.165) is 77.2 Å². The van der Waals surface area contributed by atoms with Gasteiger partial charge in [0.05, 0.1) is 36.0 Å². The first kappa shape index (κ1) is 37.6. The lowest BCUT2D eigenvalue weighted by molar-refractivity contribution is -0.139. The summed E-state index contributed by atoms with van der Waals surface area (Å²) in [4.78, 5) is 11.4. The van der Waals surface area contributed by atoms with E-state index in [9.17, 15) is 4.79 Å². The van der Waals surface area contributed by atoms with Gasteiger partial charge in [-0.25, -0.2) is 4.79 Å². The summed E-state index contributed by atoms with van der Waals surface area (Å²) in [6.45, 7) is 9.30. The minimum atomic E-state index is -0.294. The van der Waals surface area contributed by atoms with Crippen molar-refractivity contribution in [2.45, 2.75) is 71.8 Å². The van der Waals surface area contributed by atoms with Gasteiger partial charge in [-0.3, -0.25) is 0 Å². The third-order valence-corrected chi connectivity index (χ3v) is 8.63. The monoisotopic (exact) mass is 695 g/mol. The van der Waals surface area contributed by atoms with Gasteiger partial charge in [-0.05, 0) is 92.9 Å². The highest BCUT2D eigenvalue weighted by Crippen LogP contribution is 2.33. The number of fused-ring (bicyclic) bond motifs is 1. The molecule has 0 saturated heterocycles. The van der Waals surface area contributed by atoms with Crippen LogP contribution in [-0.2, 0) is 16.1 Å². The van der Waals surface area contributed by atoms with Crippen LogP contribution in [0.3, 0.4) is 0 Å². The van der Waals surface area contributed by atoms with Crippen LogP contribution in [-0.4, -0.2) is 19.2 Å². The minimum Gasteiger partial charge on any atom is -0.494 e. The van der Waals surface area contributed by atoms with E-state index in [1.54, 1.807) is 6.92 Å². The number of benzene rings is 5. The predicted octanol–water partition coefficient (Wildman–Crippen LogP) is 13.2. The molecule has 268 valence electrons. The van der Waals surface area contributed by atoms with Crippen molar-refractivity contribution < 1.29 is 14.3 Å². The fraction of sp³-hybridized carbons (Fsp3) is 0.295. The van der Waals surface area contributed by atoms with Gasteiger partial charge in [-0.15, -0.1) is 5.11 Å². The highest BCUT2D eigenvalue weighted by atomic mass is 16.5. The van der Waals surface area contributed by atoms with Crippen molar-refractivity contribution in [3.63, 3.8) is 0 Å². The molecule has 5 rings (SSSR count). The Morgan fingerprint density at radius 1 is 0.615 bits per heavy atom. The summed E-state index contributed by atoms with van der Waals surface area (Å²) in [5.41, 5.74) is 7.06. The number of nitrogens with zero attached hydrogens (tertiary/aromatic N) is 4. The number of aryl methyl sites for hydroxylation is 1. The number of nitrogens with one attached hydrogen (secondary N) is 1. The van der Waals surface area contributed by atoms with Gasteiger partial charge in [0.2, 0.25) is 0 Å². The van der Waals surface area contributed by atoms with Crippen LogP contribution in [0.15, 0.2) is 142 Å². The van der Waals surface area contributed by atoms with Crippen LogP contribution in [0.1, 0.15) is 69.4 Å². The summed E-state index contributed by atoms with van der Waals surface area (Å²) < 4.78 is 11.0. The molecule has 0 radical (unpaired) electrons. The first-order chi connectivity index (χ1) is 25.4. The van der Waals surface area contributed by atoms with E-state index in [2.05, 4.69) is 81.7 Å². The Kier molecular flexibility index (Phi) is 14.7. The van der Waals surface area contributed by atoms with Crippen molar-refractivity contribution in [1.29, 1.82) is 0 Å². The topological polar surface area (TPSA) is 97.0 Å². The smallest absolute Gasteiger partial charge is 0.333 e. The van der Waals surface area contributed by atoms with Crippen molar-refractivity contribution in [2.75, 3.05) is 18.5 Å². The van der Waals surface area contributed by atoms with E-state index in [4.69, 9.17) is 9.47 Å². The van der Waals surface area contributed by atoms with Crippen molar-refractivity contribution in [1.82, 2.24) is 0 Å². The zero-order valence-corrected chi connectivity index (χ0v) is 30.4. The van der Waals surface area contributed by atoms with Gasteiger partial charge < -0.3 is 14.8 Å². The number of carbonyl (C=O) groups is 1.